The third-order valence-electron chi connectivity index (χ3n) is 7.01. The summed E-state index contributed by atoms with van der Waals surface area (Å²) in [6.07, 6.45) is 10.9. The topological polar surface area (TPSA) is 81.3 Å². The summed E-state index contributed by atoms with van der Waals surface area (Å²) in [6.45, 7) is 6.64. The van der Waals surface area contributed by atoms with Gasteiger partial charge in [0.05, 0.1) is 18.5 Å². The molecular weight excluding hydrogens is 420 g/mol. The third-order valence-corrected chi connectivity index (χ3v) is 8.18. The van der Waals surface area contributed by atoms with Gasteiger partial charge in [-0.3, -0.25) is 4.79 Å². The minimum absolute atomic E-state index is 0.388. The number of rotatable bonds is 7. The number of anilines is 2. The molecule has 4 rings (SSSR count). The molecule has 2 N–H and O–H groups in total. The average molecular weight is 455 g/mol. The summed E-state index contributed by atoms with van der Waals surface area (Å²) >= 11 is 1.52. The fourth-order valence-corrected chi connectivity index (χ4v) is 5.98. The van der Waals surface area contributed by atoms with E-state index in [1.165, 1.54) is 37.4 Å². The molecule has 2 fully saturated rings. The maximum atomic E-state index is 11.5. The average Bonchev–Trinajstić information content (AvgIpc) is 2.81. The molecule has 1 saturated heterocycles. The summed E-state index contributed by atoms with van der Waals surface area (Å²) in [5.74, 6) is 0.913. The minimum atomic E-state index is 0.388. The third kappa shape index (κ3) is 4.94. The van der Waals surface area contributed by atoms with Crippen LogP contribution < -0.4 is 10.6 Å². The molecular formula is C25H34N4O2S. The van der Waals surface area contributed by atoms with Gasteiger partial charge >= 0.3 is 0 Å². The van der Waals surface area contributed by atoms with Gasteiger partial charge < -0.3 is 15.4 Å². The molecule has 32 heavy (non-hydrogen) atoms. The normalized spacial score (nSPS) is 23.2. The maximum Gasteiger partial charge on any atom is 0.214 e. The Morgan fingerprint density at radius 3 is 2.78 bits per heavy atom. The first kappa shape index (κ1) is 23.1. The fourth-order valence-electron chi connectivity index (χ4n) is 5.11. The van der Waals surface area contributed by atoms with Crippen LogP contribution in [-0.4, -0.2) is 36.1 Å². The number of ether oxygens (including phenoxy) is 1. The van der Waals surface area contributed by atoms with E-state index >= 15 is 0 Å². The maximum absolute atomic E-state index is 11.5. The lowest BCUT2D eigenvalue weighted by Crippen LogP contribution is -2.35. The Kier molecular flexibility index (Phi) is 7.36. The van der Waals surface area contributed by atoms with Gasteiger partial charge in [-0.2, -0.15) is 0 Å². The second-order valence-electron chi connectivity index (χ2n) is 9.22. The number of carbonyl (C=O) groups excluding carboxylic acids is 1. The van der Waals surface area contributed by atoms with Crippen LogP contribution in [0.25, 0.3) is 0 Å². The number of hydrogen-bond acceptors (Lipinski definition) is 6. The molecule has 0 radical (unpaired) electrons. The lowest BCUT2D eigenvalue weighted by atomic mass is 9.67. The van der Waals surface area contributed by atoms with Gasteiger partial charge in [0.1, 0.15) is 5.03 Å². The highest BCUT2D eigenvalue weighted by Gasteiger charge is 2.37. The van der Waals surface area contributed by atoms with Crippen molar-refractivity contribution in [2.45, 2.75) is 74.6 Å². The molecule has 1 saturated carbocycles. The Morgan fingerprint density at radius 2 is 2.12 bits per heavy atom. The van der Waals surface area contributed by atoms with Crippen LogP contribution in [0.3, 0.4) is 0 Å². The molecule has 172 valence electrons. The zero-order valence-electron chi connectivity index (χ0n) is 19.2. The molecule has 1 spiro atoms. The van der Waals surface area contributed by atoms with Crippen molar-refractivity contribution in [3.05, 3.63) is 35.7 Å². The zero-order valence-corrected chi connectivity index (χ0v) is 20.0. The summed E-state index contributed by atoms with van der Waals surface area (Å²) < 4.78 is 5.78. The van der Waals surface area contributed by atoms with E-state index < -0.39 is 0 Å². The highest BCUT2D eigenvalue weighted by Crippen LogP contribution is 2.47. The first-order chi connectivity index (χ1) is 15.5. The van der Waals surface area contributed by atoms with Gasteiger partial charge in [0.2, 0.25) is 6.41 Å². The molecule has 2 aromatic rings. The van der Waals surface area contributed by atoms with Crippen LogP contribution in [0.1, 0.15) is 69.0 Å². The van der Waals surface area contributed by atoms with Crippen LogP contribution in [0.15, 0.2) is 34.3 Å². The van der Waals surface area contributed by atoms with Crippen LogP contribution >= 0.6 is 11.8 Å². The van der Waals surface area contributed by atoms with E-state index in [1.807, 2.05) is 31.3 Å². The Labute approximate surface area is 195 Å². The highest BCUT2D eigenvalue weighted by atomic mass is 32.2. The lowest BCUT2D eigenvalue weighted by Gasteiger charge is -2.42. The highest BCUT2D eigenvalue weighted by molar-refractivity contribution is 7.99. The van der Waals surface area contributed by atoms with Crippen molar-refractivity contribution in [2.75, 3.05) is 30.4 Å². The summed E-state index contributed by atoms with van der Waals surface area (Å²) in [6, 6.07) is 6.00. The Balaban J connectivity index is 1.46. The van der Waals surface area contributed by atoms with Crippen molar-refractivity contribution < 1.29 is 9.53 Å². The first-order valence-corrected chi connectivity index (χ1v) is 12.6. The molecule has 6 nitrogen and oxygen atoms in total. The number of aromatic nitrogens is 2. The van der Waals surface area contributed by atoms with Gasteiger partial charge in [-0.25, -0.2) is 9.97 Å². The quantitative estimate of drug-likeness (QED) is 0.568. The Bertz CT molecular complexity index is 936. The number of nitrogens with zero attached hydrogens (tertiary/aromatic N) is 3. The van der Waals surface area contributed by atoms with Crippen molar-refractivity contribution in [3.63, 3.8) is 0 Å². The zero-order chi connectivity index (χ0) is 22.6. The predicted octanol–water partition coefficient (Wildman–Crippen LogP) is 5.35. The van der Waals surface area contributed by atoms with Gasteiger partial charge in [-0.1, -0.05) is 24.8 Å². The second kappa shape index (κ2) is 10.2. The number of hydrogen-bond donors (Lipinski definition) is 1. The van der Waals surface area contributed by atoms with E-state index in [4.69, 9.17) is 20.4 Å². The van der Waals surface area contributed by atoms with Crippen LogP contribution in [0, 0.1) is 12.3 Å². The summed E-state index contributed by atoms with van der Waals surface area (Å²) in [4.78, 5) is 23.8. The monoisotopic (exact) mass is 454 g/mol. The van der Waals surface area contributed by atoms with Crippen molar-refractivity contribution in [1.29, 1.82) is 0 Å². The number of benzene rings is 1. The molecule has 7 heteroatoms. The molecule has 2 aliphatic rings. The molecule has 1 aromatic heterocycles. The van der Waals surface area contributed by atoms with Crippen molar-refractivity contribution in [3.8, 4) is 0 Å². The lowest BCUT2D eigenvalue weighted by molar-refractivity contribution is -0.107. The van der Waals surface area contributed by atoms with E-state index in [9.17, 15) is 4.79 Å². The van der Waals surface area contributed by atoms with E-state index in [0.29, 0.717) is 23.7 Å². The van der Waals surface area contributed by atoms with Crippen LogP contribution in [-0.2, 0) is 9.53 Å². The number of amides is 1. The number of nitrogen functional groups attached to an aromatic ring is 1. The largest absolute Gasteiger partial charge is 0.381 e. The van der Waals surface area contributed by atoms with Gasteiger partial charge in [0, 0.05) is 29.7 Å². The van der Waals surface area contributed by atoms with Gasteiger partial charge in [-0.05, 0) is 75.0 Å². The summed E-state index contributed by atoms with van der Waals surface area (Å²) in [5, 5.41) is 0.718. The SMILES string of the molecule is CCCN(C=O)c1cccc(Sc2ncc(C3CCC4(CCCOC4)CC3)nc2N)c1C. The Morgan fingerprint density at radius 1 is 1.31 bits per heavy atom. The summed E-state index contributed by atoms with van der Waals surface area (Å²) in [5.41, 5.74) is 9.73. The van der Waals surface area contributed by atoms with Crippen molar-refractivity contribution >= 4 is 29.7 Å². The predicted molar refractivity (Wildman–Crippen MR) is 129 cm³/mol. The molecule has 0 bridgehead atoms. The Hall–Kier alpha value is -2.12. The molecule has 1 aromatic carbocycles. The molecule has 2 heterocycles. The molecule has 1 amide bonds. The van der Waals surface area contributed by atoms with E-state index in [1.54, 1.807) is 4.90 Å². The van der Waals surface area contributed by atoms with E-state index in [2.05, 4.69) is 6.92 Å². The van der Waals surface area contributed by atoms with Gasteiger partial charge in [-0.15, -0.1) is 0 Å². The van der Waals surface area contributed by atoms with Crippen LogP contribution in [0.4, 0.5) is 11.5 Å². The van der Waals surface area contributed by atoms with E-state index in [0.717, 1.165) is 65.8 Å². The van der Waals surface area contributed by atoms with Gasteiger partial charge in [0.25, 0.3) is 0 Å². The van der Waals surface area contributed by atoms with Crippen molar-refractivity contribution in [1.82, 2.24) is 9.97 Å². The molecule has 1 aliphatic carbocycles. The molecule has 0 atom stereocenters. The van der Waals surface area contributed by atoms with Gasteiger partial charge in [0.15, 0.2) is 5.82 Å². The first-order valence-electron chi connectivity index (χ1n) is 11.7. The minimum Gasteiger partial charge on any atom is -0.381 e. The van der Waals surface area contributed by atoms with Crippen LogP contribution in [0.5, 0.6) is 0 Å². The smallest absolute Gasteiger partial charge is 0.214 e. The summed E-state index contributed by atoms with van der Waals surface area (Å²) in [7, 11) is 0. The van der Waals surface area contributed by atoms with E-state index in [-0.39, 0.29) is 0 Å². The fraction of sp³-hybridized carbons (Fsp3) is 0.560. The second-order valence-corrected chi connectivity index (χ2v) is 10.2. The number of nitrogens with two attached hydrogens (primary N) is 1. The van der Waals surface area contributed by atoms with Crippen molar-refractivity contribution in [2.24, 2.45) is 5.41 Å². The number of carbonyl (C=O) groups is 1. The standard InChI is InChI=1S/C25H34N4O2S/c1-3-13-29(17-30)21-6-4-7-22(18(21)2)32-24-23(26)28-20(15-27-24)19-8-11-25(12-9-19)10-5-14-31-16-25/h4,6-7,15,17,19H,3,5,8-14,16H2,1-2H3,(H2,26,28). The molecule has 1 aliphatic heterocycles. The molecule has 0 unspecified atom stereocenters. The van der Waals surface area contributed by atoms with Crippen LogP contribution in [0.2, 0.25) is 0 Å².